The van der Waals surface area contributed by atoms with Crippen LogP contribution < -0.4 is 5.32 Å². The molecule has 0 aromatic heterocycles. The predicted octanol–water partition coefficient (Wildman–Crippen LogP) is 1.59. The van der Waals surface area contributed by atoms with Crippen molar-refractivity contribution in [1.82, 2.24) is 10.2 Å². The first-order valence-corrected chi connectivity index (χ1v) is 6.02. The molecule has 0 amide bonds. The molecule has 3 nitrogen and oxygen atoms in total. The highest BCUT2D eigenvalue weighted by Gasteiger charge is 2.01. The van der Waals surface area contributed by atoms with Crippen LogP contribution in [-0.4, -0.2) is 50.8 Å². The molecule has 0 fully saturated rings. The second kappa shape index (κ2) is 9.13. The van der Waals surface area contributed by atoms with Crippen molar-refractivity contribution in [3.8, 4) is 0 Å². The number of likely N-dealkylation sites (N-methyl/N-ethyl adjacent to an activating group) is 1. The molecule has 0 aliphatic rings. The van der Waals surface area contributed by atoms with Gasteiger partial charge < -0.3 is 15.0 Å². The lowest BCUT2D eigenvalue weighted by molar-refractivity contribution is 0.111. The maximum Gasteiger partial charge on any atom is 0.0591 e. The fraction of sp³-hybridized carbons (Fsp3) is 1.00. The summed E-state index contributed by atoms with van der Waals surface area (Å²) in [6.07, 6.45) is 0. The van der Waals surface area contributed by atoms with Gasteiger partial charge in [-0.1, -0.05) is 13.8 Å². The summed E-state index contributed by atoms with van der Waals surface area (Å²) in [6.45, 7) is 13.6. The molecule has 0 spiro atoms. The van der Waals surface area contributed by atoms with Crippen molar-refractivity contribution in [2.45, 2.75) is 33.7 Å². The summed E-state index contributed by atoms with van der Waals surface area (Å²) < 4.78 is 5.47. The quantitative estimate of drug-likeness (QED) is 0.592. The molecule has 0 unspecified atom stereocenters. The normalized spacial score (nSPS) is 12.0. The fourth-order valence-electron chi connectivity index (χ4n) is 1.10. The molecule has 0 bridgehead atoms. The van der Waals surface area contributed by atoms with E-state index in [0.717, 1.165) is 32.8 Å². The molecule has 0 heterocycles. The van der Waals surface area contributed by atoms with Gasteiger partial charge in [0.15, 0.2) is 0 Å². The van der Waals surface area contributed by atoms with Crippen LogP contribution in [0.25, 0.3) is 0 Å². The molecule has 0 aliphatic carbocycles. The second-order valence-corrected chi connectivity index (χ2v) is 4.79. The number of rotatable bonds is 9. The second-order valence-electron chi connectivity index (χ2n) is 4.79. The summed E-state index contributed by atoms with van der Waals surface area (Å²) in [7, 11) is 2.15. The van der Waals surface area contributed by atoms with Crippen molar-refractivity contribution >= 4 is 0 Å². The monoisotopic (exact) mass is 216 g/mol. The van der Waals surface area contributed by atoms with Crippen LogP contribution in [0, 0.1) is 5.92 Å². The molecule has 0 radical (unpaired) electrons. The third kappa shape index (κ3) is 10.2. The van der Waals surface area contributed by atoms with Gasteiger partial charge in [0.25, 0.3) is 0 Å². The van der Waals surface area contributed by atoms with Gasteiger partial charge in [-0.2, -0.15) is 0 Å². The Morgan fingerprint density at radius 1 is 1.13 bits per heavy atom. The highest BCUT2D eigenvalue weighted by molar-refractivity contribution is 4.58. The average molecular weight is 216 g/mol. The summed E-state index contributed by atoms with van der Waals surface area (Å²) in [4.78, 5) is 2.34. The largest absolute Gasteiger partial charge is 0.380 e. The minimum Gasteiger partial charge on any atom is -0.380 e. The van der Waals surface area contributed by atoms with Crippen LogP contribution in [0.5, 0.6) is 0 Å². The summed E-state index contributed by atoms with van der Waals surface area (Å²) in [6, 6.07) is 0.629. The van der Waals surface area contributed by atoms with Gasteiger partial charge in [0.2, 0.25) is 0 Å². The molecule has 0 saturated carbocycles. The maximum absolute atomic E-state index is 5.47. The minimum atomic E-state index is 0.629. The van der Waals surface area contributed by atoms with E-state index in [0.29, 0.717) is 12.0 Å². The SMILES string of the molecule is CC(C)COCCNCCN(C)C(C)C. The van der Waals surface area contributed by atoms with Crippen molar-refractivity contribution in [3.05, 3.63) is 0 Å². The fourth-order valence-corrected chi connectivity index (χ4v) is 1.10. The smallest absolute Gasteiger partial charge is 0.0591 e. The van der Waals surface area contributed by atoms with Gasteiger partial charge >= 0.3 is 0 Å². The zero-order valence-corrected chi connectivity index (χ0v) is 11.0. The summed E-state index contributed by atoms with van der Waals surface area (Å²) in [5.41, 5.74) is 0. The Morgan fingerprint density at radius 2 is 1.80 bits per heavy atom. The van der Waals surface area contributed by atoms with Gasteiger partial charge in [0, 0.05) is 32.3 Å². The molecule has 0 atom stereocenters. The van der Waals surface area contributed by atoms with E-state index in [9.17, 15) is 0 Å². The minimum absolute atomic E-state index is 0.629. The van der Waals surface area contributed by atoms with Crippen LogP contribution in [-0.2, 0) is 4.74 Å². The Labute approximate surface area is 95.2 Å². The van der Waals surface area contributed by atoms with Crippen molar-refractivity contribution < 1.29 is 4.74 Å². The summed E-state index contributed by atoms with van der Waals surface area (Å²) >= 11 is 0. The molecule has 92 valence electrons. The number of nitrogens with zero attached hydrogens (tertiary/aromatic N) is 1. The Bertz CT molecular complexity index is 138. The Hall–Kier alpha value is -0.120. The first kappa shape index (κ1) is 14.9. The van der Waals surface area contributed by atoms with Crippen LogP contribution in [0.2, 0.25) is 0 Å². The molecule has 1 N–H and O–H groups in total. The highest BCUT2D eigenvalue weighted by atomic mass is 16.5. The number of ether oxygens (including phenoxy) is 1. The van der Waals surface area contributed by atoms with Crippen molar-refractivity contribution in [3.63, 3.8) is 0 Å². The van der Waals surface area contributed by atoms with E-state index in [1.165, 1.54) is 0 Å². The van der Waals surface area contributed by atoms with Crippen LogP contribution in [0.4, 0.5) is 0 Å². The number of hydrogen-bond donors (Lipinski definition) is 1. The van der Waals surface area contributed by atoms with E-state index in [4.69, 9.17) is 4.74 Å². The first-order chi connectivity index (χ1) is 7.04. The van der Waals surface area contributed by atoms with E-state index in [-0.39, 0.29) is 0 Å². The lowest BCUT2D eigenvalue weighted by atomic mass is 10.2. The Balaban J connectivity index is 3.11. The first-order valence-electron chi connectivity index (χ1n) is 6.02. The van der Waals surface area contributed by atoms with Crippen LogP contribution in [0.3, 0.4) is 0 Å². The molecule has 0 rings (SSSR count). The molecular weight excluding hydrogens is 188 g/mol. The molecule has 0 saturated heterocycles. The standard InChI is InChI=1S/C12H28N2O/c1-11(2)10-15-9-7-13-6-8-14(5)12(3)4/h11-13H,6-10H2,1-5H3. The van der Waals surface area contributed by atoms with Gasteiger partial charge in [-0.05, 0) is 26.8 Å². The molecule has 0 aromatic rings. The van der Waals surface area contributed by atoms with E-state index in [1.807, 2.05) is 0 Å². The van der Waals surface area contributed by atoms with E-state index in [2.05, 4.69) is 45.0 Å². The number of nitrogens with one attached hydrogen (secondary N) is 1. The van der Waals surface area contributed by atoms with E-state index >= 15 is 0 Å². The van der Waals surface area contributed by atoms with Crippen molar-refractivity contribution in [2.24, 2.45) is 5.92 Å². The van der Waals surface area contributed by atoms with Gasteiger partial charge in [-0.3, -0.25) is 0 Å². The van der Waals surface area contributed by atoms with Crippen molar-refractivity contribution in [1.29, 1.82) is 0 Å². The van der Waals surface area contributed by atoms with Crippen LogP contribution in [0.15, 0.2) is 0 Å². The van der Waals surface area contributed by atoms with E-state index in [1.54, 1.807) is 0 Å². The van der Waals surface area contributed by atoms with Crippen molar-refractivity contribution in [2.75, 3.05) is 39.9 Å². The average Bonchev–Trinajstić information content (AvgIpc) is 2.15. The third-order valence-corrected chi connectivity index (χ3v) is 2.40. The lowest BCUT2D eigenvalue weighted by Crippen LogP contribution is -2.34. The Morgan fingerprint density at radius 3 is 2.33 bits per heavy atom. The zero-order chi connectivity index (χ0) is 11.7. The zero-order valence-electron chi connectivity index (χ0n) is 11.0. The van der Waals surface area contributed by atoms with E-state index < -0.39 is 0 Å². The van der Waals surface area contributed by atoms with Crippen LogP contribution in [0.1, 0.15) is 27.7 Å². The maximum atomic E-state index is 5.47. The third-order valence-electron chi connectivity index (χ3n) is 2.40. The lowest BCUT2D eigenvalue weighted by Gasteiger charge is -2.20. The van der Waals surface area contributed by atoms with Gasteiger partial charge in [-0.25, -0.2) is 0 Å². The predicted molar refractivity (Wildman–Crippen MR) is 66.3 cm³/mol. The Kier molecular flexibility index (Phi) is 9.06. The highest BCUT2D eigenvalue weighted by Crippen LogP contribution is 1.92. The topological polar surface area (TPSA) is 24.5 Å². The molecule has 3 heteroatoms. The van der Waals surface area contributed by atoms with Gasteiger partial charge in [0.1, 0.15) is 0 Å². The van der Waals surface area contributed by atoms with Crippen LogP contribution >= 0.6 is 0 Å². The van der Waals surface area contributed by atoms with Gasteiger partial charge in [-0.15, -0.1) is 0 Å². The molecule has 15 heavy (non-hydrogen) atoms. The molecular formula is C12H28N2O. The summed E-state index contributed by atoms with van der Waals surface area (Å²) in [5.74, 6) is 0.636. The number of hydrogen-bond acceptors (Lipinski definition) is 3. The summed E-state index contributed by atoms with van der Waals surface area (Å²) in [5, 5.41) is 3.38. The molecule has 0 aliphatic heterocycles. The van der Waals surface area contributed by atoms with Gasteiger partial charge in [0.05, 0.1) is 6.61 Å². The molecule has 0 aromatic carbocycles.